The van der Waals surface area contributed by atoms with Gasteiger partial charge in [-0.2, -0.15) is 0 Å². The molecular formula is C6H11BrMg2. The van der Waals surface area contributed by atoms with Crippen LogP contribution >= 0.6 is 17.0 Å². The van der Waals surface area contributed by atoms with Crippen molar-refractivity contribution < 1.29 is 0 Å². The van der Waals surface area contributed by atoms with Crippen LogP contribution in [0.4, 0.5) is 0 Å². The van der Waals surface area contributed by atoms with E-state index in [1.807, 2.05) is 36.4 Å². The van der Waals surface area contributed by atoms with Crippen LogP contribution in [-0.2, 0) is 0 Å². The highest BCUT2D eigenvalue weighted by atomic mass is 79.9. The predicted molar refractivity (Wildman–Crippen MR) is 53.9 cm³/mol. The van der Waals surface area contributed by atoms with Gasteiger partial charge in [0, 0.05) is 0 Å². The summed E-state index contributed by atoms with van der Waals surface area (Å²) in [5.74, 6) is 0. The van der Waals surface area contributed by atoms with Gasteiger partial charge in [0.15, 0.2) is 0 Å². The van der Waals surface area contributed by atoms with Crippen molar-refractivity contribution in [2.75, 3.05) is 0 Å². The SMILES string of the molecule is Br.[MgH2].[MgH2].c1ccccc1. The van der Waals surface area contributed by atoms with Gasteiger partial charge in [0.2, 0.25) is 0 Å². The van der Waals surface area contributed by atoms with Gasteiger partial charge in [0.25, 0.3) is 0 Å². The number of hydrogen-bond acceptors (Lipinski definition) is 0. The van der Waals surface area contributed by atoms with E-state index in [1.165, 1.54) is 0 Å². The van der Waals surface area contributed by atoms with Crippen molar-refractivity contribution in [2.45, 2.75) is 0 Å². The smallest absolute Gasteiger partial charge is 0.114 e. The summed E-state index contributed by atoms with van der Waals surface area (Å²) < 4.78 is 0. The molecular weight excluding hydrogens is 201 g/mol. The Labute approximate surface area is 98.5 Å². The lowest BCUT2D eigenvalue weighted by atomic mass is 10.4. The van der Waals surface area contributed by atoms with Gasteiger partial charge >= 0.3 is 46.1 Å². The number of rotatable bonds is 0. The minimum absolute atomic E-state index is 0. The zero-order valence-electron chi connectivity index (χ0n) is 3.87. The van der Waals surface area contributed by atoms with E-state index in [-0.39, 0.29) is 63.1 Å². The molecule has 46 valence electrons. The normalized spacial score (nSPS) is 5.33. The highest BCUT2D eigenvalue weighted by molar-refractivity contribution is 8.93. The van der Waals surface area contributed by atoms with Crippen LogP contribution in [-0.4, -0.2) is 46.1 Å². The van der Waals surface area contributed by atoms with Crippen molar-refractivity contribution >= 4 is 63.1 Å². The highest BCUT2D eigenvalue weighted by Crippen LogP contribution is 1.79. The van der Waals surface area contributed by atoms with Crippen molar-refractivity contribution in [3.63, 3.8) is 0 Å². The van der Waals surface area contributed by atoms with Gasteiger partial charge in [-0.05, 0) is 0 Å². The summed E-state index contributed by atoms with van der Waals surface area (Å²) >= 11 is 0. The minimum Gasteiger partial charge on any atom is -0.114 e. The van der Waals surface area contributed by atoms with E-state index in [1.54, 1.807) is 0 Å². The molecule has 0 radical (unpaired) electrons. The topological polar surface area (TPSA) is 0 Å². The Morgan fingerprint density at radius 1 is 0.444 bits per heavy atom. The largest absolute Gasteiger partial charge is 0.316 e. The molecule has 0 N–H and O–H groups in total. The number of halogens is 1. The predicted octanol–water partition coefficient (Wildman–Crippen LogP) is 0.432. The zero-order valence-corrected chi connectivity index (χ0v) is 5.59. The van der Waals surface area contributed by atoms with Crippen LogP contribution in [0.3, 0.4) is 0 Å². The van der Waals surface area contributed by atoms with Crippen LogP contribution in [0.1, 0.15) is 0 Å². The van der Waals surface area contributed by atoms with E-state index < -0.39 is 0 Å². The van der Waals surface area contributed by atoms with Crippen LogP contribution in [0, 0.1) is 0 Å². The molecule has 0 heterocycles. The van der Waals surface area contributed by atoms with Crippen LogP contribution in [0.2, 0.25) is 0 Å². The van der Waals surface area contributed by atoms with Crippen molar-refractivity contribution in [1.29, 1.82) is 0 Å². The Morgan fingerprint density at radius 3 is 0.667 bits per heavy atom. The fourth-order valence-corrected chi connectivity index (χ4v) is 0.385. The second-order valence-corrected chi connectivity index (χ2v) is 1.15. The lowest BCUT2D eigenvalue weighted by Gasteiger charge is -1.69. The Kier molecular flexibility index (Phi) is 22.2. The third-order valence-electron chi connectivity index (χ3n) is 0.667. The summed E-state index contributed by atoms with van der Waals surface area (Å²) in [6.45, 7) is 0. The molecule has 0 bridgehead atoms. The maximum atomic E-state index is 2.00. The maximum Gasteiger partial charge on any atom is 0.316 e. The first-order chi connectivity index (χ1) is 3.00. The van der Waals surface area contributed by atoms with Gasteiger partial charge in [-0.1, -0.05) is 36.4 Å². The standard InChI is InChI=1S/C6H6.BrH.2Mg.4H/c1-2-4-6-5-3-1;;;;;;;/h1-6H;1H;;;;;;. The second-order valence-electron chi connectivity index (χ2n) is 1.15. The molecule has 0 saturated carbocycles. The molecule has 0 aliphatic carbocycles. The van der Waals surface area contributed by atoms with E-state index >= 15 is 0 Å². The van der Waals surface area contributed by atoms with Crippen LogP contribution in [0.15, 0.2) is 36.4 Å². The van der Waals surface area contributed by atoms with Gasteiger partial charge in [-0.15, -0.1) is 17.0 Å². The minimum atomic E-state index is 0. The average molecular weight is 212 g/mol. The van der Waals surface area contributed by atoms with Crippen molar-refractivity contribution in [1.82, 2.24) is 0 Å². The first-order valence-electron chi connectivity index (χ1n) is 2.00. The monoisotopic (exact) mass is 210 g/mol. The first kappa shape index (κ1) is 16.7. The zero-order chi connectivity index (χ0) is 4.24. The lowest BCUT2D eigenvalue weighted by molar-refractivity contribution is 1.72. The Balaban J connectivity index is -0.000000120. The van der Waals surface area contributed by atoms with Gasteiger partial charge in [0.1, 0.15) is 0 Å². The molecule has 0 aliphatic heterocycles. The number of benzene rings is 1. The summed E-state index contributed by atoms with van der Waals surface area (Å²) in [6.07, 6.45) is 0. The molecule has 0 atom stereocenters. The van der Waals surface area contributed by atoms with Gasteiger partial charge in [0.05, 0.1) is 0 Å². The summed E-state index contributed by atoms with van der Waals surface area (Å²) in [5, 5.41) is 0. The van der Waals surface area contributed by atoms with E-state index in [0.717, 1.165) is 0 Å². The van der Waals surface area contributed by atoms with E-state index in [2.05, 4.69) is 0 Å². The first-order valence-corrected chi connectivity index (χ1v) is 2.00. The third-order valence-corrected chi connectivity index (χ3v) is 0.667. The highest BCUT2D eigenvalue weighted by Gasteiger charge is 1.57. The van der Waals surface area contributed by atoms with Gasteiger partial charge < -0.3 is 0 Å². The molecule has 1 aromatic rings. The molecule has 1 rings (SSSR count). The third kappa shape index (κ3) is 9.23. The Hall–Kier alpha value is 1.23. The molecule has 0 fully saturated rings. The lowest BCUT2D eigenvalue weighted by Crippen LogP contribution is -1.47. The molecule has 0 saturated heterocycles. The Bertz CT molecular complexity index is 83.0. The fourth-order valence-electron chi connectivity index (χ4n) is 0.385. The fraction of sp³-hybridized carbons (Fsp3) is 0. The maximum absolute atomic E-state index is 2.00. The van der Waals surface area contributed by atoms with Crippen molar-refractivity contribution in [3.8, 4) is 0 Å². The molecule has 0 nitrogen and oxygen atoms in total. The van der Waals surface area contributed by atoms with E-state index in [0.29, 0.717) is 0 Å². The molecule has 0 spiro atoms. The van der Waals surface area contributed by atoms with Crippen LogP contribution < -0.4 is 0 Å². The average Bonchev–Trinajstić information content (AvgIpc) is 1.72. The van der Waals surface area contributed by atoms with Gasteiger partial charge in [-0.3, -0.25) is 0 Å². The van der Waals surface area contributed by atoms with E-state index in [9.17, 15) is 0 Å². The van der Waals surface area contributed by atoms with Crippen LogP contribution in [0.5, 0.6) is 0 Å². The molecule has 0 unspecified atom stereocenters. The molecule has 9 heavy (non-hydrogen) atoms. The number of hydrogen-bond donors (Lipinski definition) is 0. The Morgan fingerprint density at radius 2 is 0.556 bits per heavy atom. The summed E-state index contributed by atoms with van der Waals surface area (Å²) in [4.78, 5) is 0. The van der Waals surface area contributed by atoms with Gasteiger partial charge in [-0.25, -0.2) is 0 Å². The second kappa shape index (κ2) is 12.0. The molecule has 1 aromatic carbocycles. The summed E-state index contributed by atoms with van der Waals surface area (Å²) in [6, 6.07) is 12.0. The quantitative estimate of drug-likeness (QED) is 0.546. The van der Waals surface area contributed by atoms with Crippen molar-refractivity contribution in [2.24, 2.45) is 0 Å². The van der Waals surface area contributed by atoms with Crippen molar-refractivity contribution in [3.05, 3.63) is 36.4 Å². The molecule has 3 heteroatoms. The molecule has 0 aliphatic rings. The summed E-state index contributed by atoms with van der Waals surface area (Å²) in [7, 11) is 0. The molecule has 0 aromatic heterocycles. The summed E-state index contributed by atoms with van der Waals surface area (Å²) in [5.41, 5.74) is 0. The van der Waals surface area contributed by atoms with Crippen LogP contribution in [0.25, 0.3) is 0 Å². The van der Waals surface area contributed by atoms with E-state index in [4.69, 9.17) is 0 Å². The molecule has 0 amide bonds.